The lowest BCUT2D eigenvalue weighted by Gasteiger charge is -2.22. The van der Waals surface area contributed by atoms with E-state index in [4.69, 9.17) is 0 Å². The summed E-state index contributed by atoms with van der Waals surface area (Å²) in [7, 11) is 1.50. The highest BCUT2D eigenvalue weighted by molar-refractivity contribution is 7.13. The predicted molar refractivity (Wildman–Crippen MR) is 89.5 cm³/mol. The van der Waals surface area contributed by atoms with Crippen LogP contribution >= 0.6 is 11.3 Å². The molecule has 0 bridgehead atoms. The summed E-state index contributed by atoms with van der Waals surface area (Å²) in [5, 5.41) is 4.23. The molecule has 2 aliphatic rings. The van der Waals surface area contributed by atoms with E-state index in [0.29, 0.717) is 31.9 Å². The molecule has 0 aliphatic carbocycles. The summed E-state index contributed by atoms with van der Waals surface area (Å²) >= 11 is 1.50. The number of amides is 1. The molecule has 1 amide bonds. The van der Waals surface area contributed by atoms with Gasteiger partial charge >= 0.3 is 11.1 Å². The minimum Gasteiger partial charge on any atom is -0.337 e. The Morgan fingerprint density at radius 3 is 2.75 bits per heavy atom. The van der Waals surface area contributed by atoms with Gasteiger partial charge in [-0.25, -0.2) is 4.68 Å². The van der Waals surface area contributed by atoms with Gasteiger partial charge in [-0.05, 0) is 25.5 Å². The number of carbonyl (C=O) groups is 1. The van der Waals surface area contributed by atoms with Crippen LogP contribution in [0.4, 0.5) is 0 Å². The topological polar surface area (TPSA) is 77.2 Å². The summed E-state index contributed by atoms with van der Waals surface area (Å²) < 4.78 is 2.60. The Morgan fingerprint density at radius 1 is 1.25 bits per heavy atom. The number of thiophene rings is 1. The van der Waals surface area contributed by atoms with Crippen LogP contribution in [-0.4, -0.2) is 38.2 Å². The van der Waals surface area contributed by atoms with Crippen molar-refractivity contribution >= 4 is 17.2 Å². The van der Waals surface area contributed by atoms with Gasteiger partial charge in [-0.2, -0.15) is 5.10 Å². The van der Waals surface area contributed by atoms with Crippen molar-refractivity contribution in [3.05, 3.63) is 48.4 Å². The van der Waals surface area contributed by atoms with Crippen LogP contribution in [0.3, 0.4) is 0 Å². The first-order valence-corrected chi connectivity index (χ1v) is 8.73. The first-order chi connectivity index (χ1) is 11.4. The maximum Gasteiger partial charge on any atom is 0.332 e. The number of nitrogens with zero attached hydrogens (tertiary/aromatic N) is 4. The molecule has 1 saturated heterocycles. The number of aromatic nitrogens is 3. The highest BCUT2D eigenvalue weighted by Crippen LogP contribution is 2.39. The molecule has 1 fully saturated rings. The molecular weight excluding hydrogens is 328 g/mol. The molecule has 0 N–H and O–H groups in total. The number of hydrogen-bond acceptors (Lipinski definition) is 5. The lowest BCUT2D eigenvalue weighted by molar-refractivity contribution is 0.0776. The first-order valence-electron chi connectivity index (χ1n) is 7.91. The minimum absolute atomic E-state index is 0.0521. The number of likely N-dealkylation sites (tertiary alicyclic amines) is 1. The van der Waals surface area contributed by atoms with Gasteiger partial charge in [0, 0.05) is 43.4 Å². The fourth-order valence-electron chi connectivity index (χ4n) is 3.75. The predicted octanol–water partition coefficient (Wildman–Crippen LogP) is 0.401. The largest absolute Gasteiger partial charge is 0.337 e. The molecule has 1 atom stereocenters. The maximum atomic E-state index is 12.6. The molecule has 0 aromatic carbocycles. The van der Waals surface area contributed by atoms with Crippen molar-refractivity contribution < 1.29 is 4.79 Å². The molecule has 8 heteroatoms. The zero-order valence-electron chi connectivity index (χ0n) is 13.6. The smallest absolute Gasteiger partial charge is 0.332 e. The van der Waals surface area contributed by atoms with Gasteiger partial charge in [-0.1, -0.05) is 0 Å². The Morgan fingerprint density at radius 2 is 2.04 bits per heavy atom. The number of carbonyl (C=O) groups excluding carboxylic acids is 1. The lowest BCUT2D eigenvalue weighted by atomic mass is 9.86. The third-order valence-electron chi connectivity index (χ3n) is 5.00. The van der Waals surface area contributed by atoms with E-state index in [1.807, 2.05) is 24.0 Å². The van der Waals surface area contributed by atoms with E-state index in [9.17, 15) is 14.4 Å². The van der Waals surface area contributed by atoms with Gasteiger partial charge in [-0.15, -0.1) is 11.3 Å². The fraction of sp³-hybridized carbons (Fsp3) is 0.500. The monoisotopic (exact) mass is 346 g/mol. The second-order valence-electron chi connectivity index (χ2n) is 6.80. The van der Waals surface area contributed by atoms with Gasteiger partial charge in [0.05, 0.1) is 4.88 Å². The van der Waals surface area contributed by atoms with Crippen molar-refractivity contribution in [1.82, 2.24) is 19.2 Å². The number of fused-ring (bicyclic) bond motifs is 1. The molecular formula is C16H18N4O3S. The van der Waals surface area contributed by atoms with Crippen LogP contribution in [0.2, 0.25) is 0 Å². The summed E-state index contributed by atoms with van der Waals surface area (Å²) in [6, 6.07) is 3.82. The van der Waals surface area contributed by atoms with E-state index < -0.39 is 11.1 Å². The number of aryl methyl sites for hydroxylation is 2. The van der Waals surface area contributed by atoms with Crippen LogP contribution < -0.4 is 11.1 Å². The molecule has 2 aromatic heterocycles. The third-order valence-corrected chi connectivity index (χ3v) is 5.99. The zero-order chi connectivity index (χ0) is 17.1. The van der Waals surface area contributed by atoms with Crippen LogP contribution in [0.15, 0.2) is 21.7 Å². The summed E-state index contributed by atoms with van der Waals surface area (Å²) in [6.45, 7) is 3.73. The molecule has 4 rings (SSSR count). The zero-order valence-corrected chi connectivity index (χ0v) is 14.4. The minimum atomic E-state index is -0.601. The van der Waals surface area contributed by atoms with Crippen molar-refractivity contribution in [2.45, 2.75) is 26.3 Å². The lowest BCUT2D eigenvalue weighted by Crippen LogP contribution is -2.42. The van der Waals surface area contributed by atoms with Gasteiger partial charge in [0.2, 0.25) is 0 Å². The standard InChI is InChI=1S/C16H18N4O3S/c1-10-3-4-11(24-10)13(21)19-6-5-16(8-19)7-12-17-18(2)14(22)15(23)20(12)9-16/h3-4H,5-9H2,1-2H3/t16-/m1/s1. The second-order valence-corrected chi connectivity index (χ2v) is 8.09. The SMILES string of the molecule is Cc1ccc(C(=O)N2CC[C@@]3(Cc4nn(C)c(=O)c(=O)n4C3)C2)s1. The molecule has 4 heterocycles. The van der Waals surface area contributed by atoms with Crippen LogP contribution in [-0.2, 0) is 20.0 Å². The maximum absolute atomic E-state index is 12.6. The van der Waals surface area contributed by atoms with Crippen LogP contribution in [0, 0.1) is 12.3 Å². The molecule has 126 valence electrons. The Kier molecular flexibility index (Phi) is 3.28. The van der Waals surface area contributed by atoms with E-state index in [2.05, 4.69) is 5.10 Å². The van der Waals surface area contributed by atoms with Crippen molar-refractivity contribution in [2.24, 2.45) is 12.5 Å². The Balaban J connectivity index is 1.59. The molecule has 0 saturated carbocycles. The normalized spacial score (nSPS) is 22.3. The van der Waals surface area contributed by atoms with Crippen molar-refractivity contribution in [3.8, 4) is 0 Å². The molecule has 24 heavy (non-hydrogen) atoms. The summed E-state index contributed by atoms with van der Waals surface area (Å²) in [6.07, 6.45) is 1.45. The Bertz CT molecular complexity index is 957. The van der Waals surface area contributed by atoms with Crippen molar-refractivity contribution in [1.29, 1.82) is 0 Å². The summed E-state index contributed by atoms with van der Waals surface area (Å²) in [5.74, 6) is 0.694. The average molecular weight is 346 g/mol. The van der Waals surface area contributed by atoms with Gasteiger partial charge < -0.3 is 4.90 Å². The average Bonchev–Trinajstić information content (AvgIpc) is 3.24. The van der Waals surface area contributed by atoms with E-state index in [1.54, 1.807) is 0 Å². The van der Waals surface area contributed by atoms with Crippen LogP contribution in [0.5, 0.6) is 0 Å². The van der Waals surface area contributed by atoms with Gasteiger partial charge in [0.25, 0.3) is 5.91 Å². The quantitative estimate of drug-likeness (QED) is 0.701. The fourth-order valence-corrected chi connectivity index (χ4v) is 4.59. The van der Waals surface area contributed by atoms with Crippen LogP contribution in [0.1, 0.15) is 26.8 Å². The number of rotatable bonds is 1. The molecule has 1 spiro atoms. The highest BCUT2D eigenvalue weighted by Gasteiger charge is 2.46. The van der Waals surface area contributed by atoms with Gasteiger partial charge in [0.15, 0.2) is 0 Å². The van der Waals surface area contributed by atoms with E-state index >= 15 is 0 Å². The van der Waals surface area contributed by atoms with Crippen molar-refractivity contribution in [2.75, 3.05) is 13.1 Å². The molecule has 0 radical (unpaired) electrons. The Labute approximate surface area is 142 Å². The van der Waals surface area contributed by atoms with E-state index in [0.717, 1.165) is 20.9 Å². The van der Waals surface area contributed by atoms with Crippen molar-refractivity contribution in [3.63, 3.8) is 0 Å². The van der Waals surface area contributed by atoms with Gasteiger partial charge in [-0.3, -0.25) is 19.0 Å². The van der Waals surface area contributed by atoms with E-state index in [-0.39, 0.29) is 11.3 Å². The number of hydrogen-bond donors (Lipinski definition) is 0. The highest BCUT2D eigenvalue weighted by atomic mass is 32.1. The third kappa shape index (κ3) is 2.24. The van der Waals surface area contributed by atoms with Crippen LogP contribution in [0.25, 0.3) is 0 Å². The Hall–Kier alpha value is -2.22. The summed E-state index contributed by atoms with van der Waals surface area (Å²) in [5.41, 5.74) is -1.30. The summed E-state index contributed by atoms with van der Waals surface area (Å²) in [4.78, 5) is 40.3. The molecule has 0 unspecified atom stereocenters. The molecule has 2 aromatic rings. The molecule has 7 nitrogen and oxygen atoms in total. The molecule has 2 aliphatic heterocycles. The first kappa shape index (κ1) is 15.3. The van der Waals surface area contributed by atoms with Gasteiger partial charge in [0.1, 0.15) is 5.82 Å². The van der Waals surface area contributed by atoms with E-state index in [1.165, 1.54) is 23.0 Å². The second kappa shape index (κ2) is 5.14.